The first kappa shape index (κ1) is 20.7. The summed E-state index contributed by atoms with van der Waals surface area (Å²) < 4.78 is 59.6. The molecule has 0 aromatic heterocycles. The maximum absolute atomic E-state index is 14.0. The lowest BCUT2D eigenvalue weighted by atomic mass is 9.98. The van der Waals surface area contributed by atoms with Crippen molar-refractivity contribution in [2.45, 2.75) is 18.1 Å². The minimum Gasteiger partial charge on any atom is -0.508 e. The third kappa shape index (κ3) is 4.05. The van der Waals surface area contributed by atoms with Gasteiger partial charge in [-0.2, -0.15) is 13.2 Å². The summed E-state index contributed by atoms with van der Waals surface area (Å²) in [5, 5.41) is 10.9. The van der Waals surface area contributed by atoms with Crippen molar-refractivity contribution in [3.63, 3.8) is 0 Å². The van der Waals surface area contributed by atoms with Crippen LogP contribution < -0.4 is 5.32 Å². The fourth-order valence-corrected chi connectivity index (χ4v) is 3.84. The summed E-state index contributed by atoms with van der Waals surface area (Å²) >= 11 is 0. The van der Waals surface area contributed by atoms with Crippen LogP contribution in [0.2, 0.25) is 0 Å². The Hall–Kier alpha value is -3.55. The van der Waals surface area contributed by atoms with Crippen molar-refractivity contribution >= 4 is 6.09 Å². The number of halogens is 4. The number of hydrogen-bond donors (Lipinski definition) is 2. The Morgan fingerprint density at radius 1 is 1.00 bits per heavy atom. The molecule has 0 bridgehead atoms. The monoisotopic (exact) mass is 431 g/mol. The Balaban J connectivity index is 1.52. The Morgan fingerprint density at radius 3 is 2.13 bits per heavy atom. The fraction of sp³-hybridized carbons (Fsp3) is 0.174. The molecule has 1 amide bonds. The summed E-state index contributed by atoms with van der Waals surface area (Å²) in [4.78, 5) is 12.2. The van der Waals surface area contributed by atoms with Crippen molar-refractivity contribution in [2.24, 2.45) is 0 Å². The molecule has 3 aromatic carbocycles. The van der Waals surface area contributed by atoms with E-state index in [-0.39, 0.29) is 12.5 Å². The first-order valence-electron chi connectivity index (χ1n) is 9.42. The number of carbonyl (C=O) groups is 1. The minimum absolute atomic E-state index is 0.178. The SMILES string of the molecule is O=C(N[C@H](c1ccc(O)cc1F)C(F)(F)F)OCC1c2ccccc2-c2ccccc21. The van der Waals surface area contributed by atoms with E-state index in [0.717, 1.165) is 34.4 Å². The van der Waals surface area contributed by atoms with Crippen LogP contribution in [0.25, 0.3) is 11.1 Å². The van der Waals surface area contributed by atoms with E-state index in [0.29, 0.717) is 6.07 Å². The van der Waals surface area contributed by atoms with Gasteiger partial charge < -0.3 is 15.2 Å². The van der Waals surface area contributed by atoms with Crippen molar-refractivity contribution in [3.05, 3.63) is 89.2 Å². The van der Waals surface area contributed by atoms with Crippen LogP contribution in [0.4, 0.5) is 22.4 Å². The maximum atomic E-state index is 14.0. The molecule has 1 aliphatic carbocycles. The average molecular weight is 431 g/mol. The highest BCUT2D eigenvalue weighted by Crippen LogP contribution is 2.44. The molecule has 1 aliphatic rings. The number of benzene rings is 3. The molecular weight excluding hydrogens is 414 g/mol. The van der Waals surface area contributed by atoms with E-state index in [1.54, 1.807) is 5.32 Å². The van der Waals surface area contributed by atoms with Gasteiger partial charge in [-0.25, -0.2) is 9.18 Å². The Morgan fingerprint density at radius 2 is 1.58 bits per heavy atom. The zero-order chi connectivity index (χ0) is 22.2. The van der Waals surface area contributed by atoms with Crippen LogP contribution in [0, 0.1) is 5.82 Å². The second kappa shape index (κ2) is 7.94. The number of fused-ring (bicyclic) bond motifs is 3. The topological polar surface area (TPSA) is 58.6 Å². The zero-order valence-corrected chi connectivity index (χ0v) is 16.0. The number of alkyl halides is 3. The predicted molar refractivity (Wildman–Crippen MR) is 105 cm³/mol. The lowest BCUT2D eigenvalue weighted by Crippen LogP contribution is -2.39. The van der Waals surface area contributed by atoms with Crippen molar-refractivity contribution in [3.8, 4) is 16.9 Å². The molecule has 4 rings (SSSR count). The fourth-order valence-electron chi connectivity index (χ4n) is 3.84. The highest BCUT2D eigenvalue weighted by molar-refractivity contribution is 5.79. The molecule has 31 heavy (non-hydrogen) atoms. The number of nitrogens with one attached hydrogen (secondary N) is 1. The van der Waals surface area contributed by atoms with Gasteiger partial charge in [0.1, 0.15) is 18.2 Å². The van der Waals surface area contributed by atoms with Crippen LogP contribution in [0.15, 0.2) is 66.7 Å². The molecule has 0 fully saturated rings. The molecule has 4 nitrogen and oxygen atoms in total. The molecule has 0 saturated heterocycles. The molecular formula is C23H17F4NO3. The highest BCUT2D eigenvalue weighted by atomic mass is 19.4. The molecule has 0 unspecified atom stereocenters. The van der Waals surface area contributed by atoms with Gasteiger partial charge in [0, 0.05) is 17.5 Å². The Bertz CT molecular complexity index is 1080. The lowest BCUT2D eigenvalue weighted by Gasteiger charge is -2.23. The average Bonchev–Trinajstić information content (AvgIpc) is 3.04. The summed E-state index contributed by atoms with van der Waals surface area (Å²) in [7, 11) is 0. The van der Waals surface area contributed by atoms with E-state index >= 15 is 0 Å². The number of ether oxygens (including phenoxy) is 1. The van der Waals surface area contributed by atoms with Gasteiger partial charge in [-0.15, -0.1) is 0 Å². The van der Waals surface area contributed by atoms with Gasteiger partial charge >= 0.3 is 12.3 Å². The number of hydrogen-bond acceptors (Lipinski definition) is 3. The van der Waals surface area contributed by atoms with Gasteiger partial charge in [-0.3, -0.25) is 0 Å². The summed E-state index contributed by atoms with van der Waals surface area (Å²) in [5.41, 5.74) is 2.96. The third-order valence-electron chi connectivity index (χ3n) is 5.23. The number of aromatic hydroxyl groups is 1. The van der Waals surface area contributed by atoms with Crippen molar-refractivity contribution in [1.29, 1.82) is 0 Å². The molecule has 0 radical (unpaired) electrons. The summed E-state index contributed by atoms with van der Waals surface area (Å²) in [5.74, 6) is -2.14. The van der Waals surface area contributed by atoms with Gasteiger partial charge in [0.15, 0.2) is 6.04 Å². The van der Waals surface area contributed by atoms with E-state index < -0.39 is 35.4 Å². The van der Waals surface area contributed by atoms with Crippen LogP contribution in [-0.2, 0) is 4.74 Å². The van der Waals surface area contributed by atoms with Crippen molar-refractivity contribution < 1.29 is 32.2 Å². The number of phenols is 1. The number of phenolic OH excluding ortho intramolecular Hbond substituents is 1. The predicted octanol–water partition coefficient (Wildman–Crippen LogP) is 5.67. The molecule has 3 aromatic rings. The van der Waals surface area contributed by atoms with E-state index in [9.17, 15) is 27.5 Å². The minimum atomic E-state index is -4.97. The summed E-state index contributed by atoms with van der Waals surface area (Å²) in [6, 6.07) is 14.7. The molecule has 0 saturated carbocycles. The standard InChI is InChI=1S/C23H17F4NO3/c24-20-11-13(29)9-10-18(20)21(23(25,26)27)28-22(30)31-12-19-16-7-3-1-5-14(16)15-6-2-4-8-17(15)19/h1-11,19,21,29H,12H2,(H,28,30)/t21-/m1/s1. The zero-order valence-electron chi connectivity index (χ0n) is 16.0. The van der Waals surface area contributed by atoms with Gasteiger partial charge in [0.25, 0.3) is 0 Å². The highest BCUT2D eigenvalue weighted by Gasteiger charge is 2.44. The quantitative estimate of drug-likeness (QED) is 0.523. The van der Waals surface area contributed by atoms with E-state index in [4.69, 9.17) is 4.74 Å². The number of alkyl carbamates (subject to hydrolysis) is 1. The molecule has 0 spiro atoms. The molecule has 2 N–H and O–H groups in total. The first-order chi connectivity index (χ1) is 14.8. The van der Waals surface area contributed by atoms with Crippen LogP contribution in [0.3, 0.4) is 0 Å². The van der Waals surface area contributed by atoms with Crippen LogP contribution in [-0.4, -0.2) is 24.0 Å². The molecule has 8 heteroatoms. The third-order valence-corrected chi connectivity index (χ3v) is 5.23. The second-order valence-corrected chi connectivity index (χ2v) is 7.15. The van der Waals surface area contributed by atoms with Crippen LogP contribution >= 0.6 is 0 Å². The van der Waals surface area contributed by atoms with E-state index in [1.165, 1.54) is 0 Å². The maximum Gasteiger partial charge on any atom is 0.413 e. The first-order valence-corrected chi connectivity index (χ1v) is 9.42. The molecule has 160 valence electrons. The van der Waals surface area contributed by atoms with Gasteiger partial charge in [0.2, 0.25) is 0 Å². The summed E-state index contributed by atoms with van der Waals surface area (Å²) in [6.45, 7) is -0.178. The normalized spacial score (nSPS) is 13.9. The van der Waals surface area contributed by atoms with Crippen molar-refractivity contribution in [2.75, 3.05) is 6.61 Å². The van der Waals surface area contributed by atoms with Gasteiger partial charge in [0.05, 0.1) is 0 Å². The number of amides is 1. The summed E-state index contributed by atoms with van der Waals surface area (Å²) in [6.07, 6.45) is -6.29. The second-order valence-electron chi connectivity index (χ2n) is 7.15. The van der Waals surface area contributed by atoms with E-state index in [1.807, 2.05) is 48.5 Å². The van der Waals surface area contributed by atoms with Gasteiger partial charge in [-0.05, 0) is 28.3 Å². The molecule has 0 heterocycles. The van der Waals surface area contributed by atoms with Crippen LogP contribution in [0.5, 0.6) is 5.75 Å². The number of rotatable bonds is 4. The molecule has 0 aliphatic heterocycles. The van der Waals surface area contributed by atoms with Gasteiger partial charge in [-0.1, -0.05) is 54.6 Å². The van der Waals surface area contributed by atoms with Crippen molar-refractivity contribution in [1.82, 2.24) is 5.32 Å². The largest absolute Gasteiger partial charge is 0.508 e. The van der Waals surface area contributed by atoms with Crippen LogP contribution in [0.1, 0.15) is 28.7 Å². The molecule has 1 atom stereocenters. The van der Waals surface area contributed by atoms with E-state index in [2.05, 4.69) is 0 Å². The lowest BCUT2D eigenvalue weighted by molar-refractivity contribution is -0.156. The smallest absolute Gasteiger partial charge is 0.413 e. The Labute approximate surface area is 175 Å². The Kier molecular flexibility index (Phi) is 5.31. The number of carbonyl (C=O) groups excluding carboxylic acids is 1.